The summed E-state index contributed by atoms with van der Waals surface area (Å²) < 4.78 is 2.18. The molecule has 1 aromatic heterocycles. The lowest BCUT2D eigenvalue weighted by atomic mass is 9.95. The molecule has 0 spiro atoms. The van der Waals surface area contributed by atoms with Crippen molar-refractivity contribution in [2.75, 3.05) is 0 Å². The molecule has 2 rings (SSSR count). The highest BCUT2D eigenvalue weighted by Gasteiger charge is 2.15. The molecular formula is C11H13N. The Bertz CT molecular complexity index is 339. The van der Waals surface area contributed by atoms with Gasteiger partial charge in [0, 0.05) is 24.5 Å². The number of hydrogen-bond acceptors (Lipinski definition) is 0. The van der Waals surface area contributed by atoms with Crippen molar-refractivity contribution < 1.29 is 0 Å². The van der Waals surface area contributed by atoms with Gasteiger partial charge in [-0.25, -0.2) is 0 Å². The standard InChI is InChI=1S/C11H13N/c1-3-9-8-12(2)11-7-5-4-6-10(9)11/h1,8H,4-7H2,2H3. The first kappa shape index (κ1) is 7.49. The van der Waals surface area contributed by atoms with E-state index in [4.69, 9.17) is 6.42 Å². The molecule has 62 valence electrons. The van der Waals surface area contributed by atoms with E-state index in [9.17, 15) is 0 Å². The van der Waals surface area contributed by atoms with Crippen molar-refractivity contribution in [1.82, 2.24) is 4.57 Å². The van der Waals surface area contributed by atoms with E-state index >= 15 is 0 Å². The molecule has 0 aliphatic heterocycles. The van der Waals surface area contributed by atoms with Gasteiger partial charge in [-0.2, -0.15) is 0 Å². The minimum atomic E-state index is 1.10. The van der Waals surface area contributed by atoms with Crippen LogP contribution in [0.5, 0.6) is 0 Å². The molecule has 0 radical (unpaired) electrons. The molecule has 1 heteroatoms. The van der Waals surface area contributed by atoms with Crippen LogP contribution in [0.15, 0.2) is 6.20 Å². The number of aryl methyl sites for hydroxylation is 1. The zero-order valence-electron chi connectivity index (χ0n) is 7.43. The fourth-order valence-corrected chi connectivity index (χ4v) is 2.04. The summed E-state index contributed by atoms with van der Waals surface area (Å²) in [5.74, 6) is 2.76. The van der Waals surface area contributed by atoms with Crippen LogP contribution in [-0.2, 0) is 19.9 Å². The number of rotatable bonds is 0. The Balaban J connectivity index is 2.56. The summed E-state index contributed by atoms with van der Waals surface area (Å²) in [6.45, 7) is 0. The molecular weight excluding hydrogens is 146 g/mol. The second-order valence-electron chi connectivity index (χ2n) is 3.43. The summed E-state index contributed by atoms with van der Waals surface area (Å²) in [6.07, 6.45) is 12.5. The van der Waals surface area contributed by atoms with Crippen molar-refractivity contribution in [3.05, 3.63) is 23.0 Å². The zero-order valence-corrected chi connectivity index (χ0v) is 7.43. The SMILES string of the molecule is C#Cc1cn(C)c2c1CCCC2. The molecule has 0 atom stereocenters. The summed E-state index contributed by atoms with van der Waals surface area (Å²) >= 11 is 0. The van der Waals surface area contributed by atoms with Gasteiger partial charge < -0.3 is 4.57 Å². The van der Waals surface area contributed by atoms with E-state index in [0.29, 0.717) is 0 Å². The molecule has 0 N–H and O–H groups in total. The summed E-state index contributed by atoms with van der Waals surface area (Å²) in [4.78, 5) is 0. The molecule has 0 saturated carbocycles. The Labute approximate surface area is 73.4 Å². The highest BCUT2D eigenvalue weighted by molar-refractivity contribution is 5.44. The van der Waals surface area contributed by atoms with Crippen molar-refractivity contribution in [3.63, 3.8) is 0 Å². The minimum absolute atomic E-state index is 1.10. The van der Waals surface area contributed by atoms with Crippen LogP contribution in [-0.4, -0.2) is 4.57 Å². The van der Waals surface area contributed by atoms with Crippen LogP contribution < -0.4 is 0 Å². The van der Waals surface area contributed by atoms with E-state index < -0.39 is 0 Å². The maximum atomic E-state index is 5.42. The van der Waals surface area contributed by atoms with Gasteiger partial charge in [0.2, 0.25) is 0 Å². The second kappa shape index (κ2) is 2.71. The first-order valence-corrected chi connectivity index (χ1v) is 4.46. The Morgan fingerprint density at radius 2 is 2.17 bits per heavy atom. The average molecular weight is 159 g/mol. The number of fused-ring (bicyclic) bond motifs is 1. The summed E-state index contributed by atoms with van der Waals surface area (Å²) in [6, 6.07) is 0. The molecule has 0 amide bonds. The smallest absolute Gasteiger partial charge is 0.0454 e. The van der Waals surface area contributed by atoms with Gasteiger partial charge in [-0.3, -0.25) is 0 Å². The summed E-state index contributed by atoms with van der Waals surface area (Å²) in [5.41, 5.74) is 3.98. The Kier molecular flexibility index (Phi) is 1.69. The van der Waals surface area contributed by atoms with Gasteiger partial charge in [0.25, 0.3) is 0 Å². The summed E-state index contributed by atoms with van der Waals surface area (Å²) in [5, 5.41) is 0. The lowest BCUT2D eigenvalue weighted by Gasteiger charge is -2.12. The monoisotopic (exact) mass is 159 g/mol. The largest absolute Gasteiger partial charge is 0.353 e. The Morgan fingerprint density at radius 1 is 1.42 bits per heavy atom. The third kappa shape index (κ3) is 0.956. The van der Waals surface area contributed by atoms with Crippen molar-refractivity contribution in [3.8, 4) is 12.3 Å². The van der Waals surface area contributed by atoms with E-state index in [2.05, 4.69) is 23.7 Å². The van der Waals surface area contributed by atoms with Gasteiger partial charge in [-0.05, 0) is 31.2 Å². The molecule has 12 heavy (non-hydrogen) atoms. The normalized spacial score (nSPS) is 15.3. The Morgan fingerprint density at radius 3 is 2.92 bits per heavy atom. The predicted octanol–water partition coefficient (Wildman–Crippen LogP) is 1.89. The first-order valence-electron chi connectivity index (χ1n) is 4.46. The Hall–Kier alpha value is -1.16. The fraction of sp³-hybridized carbons (Fsp3) is 0.455. The van der Waals surface area contributed by atoms with E-state index in [0.717, 1.165) is 5.56 Å². The van der Waals surface area contributed by atoms with E-state index in [1.165, 1.54) is 36.9 Å². The van der Waals surface area contributed by atoms with Crippen LogP contribution in [0, 0.1) is 12.3 Å². The second-order valence-corrected chi connectivity index (χ2v) is 3.43. The van der Waals surface area contributed by atoms with Gasteiger partial charge in [-0.15, -0.1) is 6.42 Å². The van der Waals surface area contributed by atoms with Gasteiger partial charge in [0.05, 0.1) is 0 Å². The molecule has 0 unspecified atom stereocenters. The number of aromatic nitrogens is 1. The first-order chi connectivity index (χ1) is 5.83. The molecule has 0 bridgehead atoms. The van der Waals surface area contributed by atoms with E-state index in [1.54, 1.807) is 0 Å². The lowest BCUT2D eigenvalue weighted by Crippen LogP contribution is -2.05. The fourth-order valence-electron chi connectivity index (χ4n) is 2.04. The average Bonchev–Trinajstić information content (AvgIpc) is 2.44. The minimum Gasteiger partial charge on any atom is -0.353 e. The maximum Gasteiger partial charge on any atom is 0.0454 e. The number of nitrogens with zero attached hydrogens (tertiary/aromatic N) is 1. The summed E-state index contributed by atoms with van der Waals surface area (Å²) in [7, 11) is 2.09. The number of hydrogen-bond donors (Lipinski definition) is 0. The van der Waals surface area contributed by atoms with Crippen LogP contribution in [0.1, 0.15) is 29.7 Å². The van der Waals surface area contributed by atoms with Crippen molar-refractivity contribution in [2.45, 2.75) is 25.7 Å². The van der Waals surface area contributed by atoms with Crippen LogP contribution in [0.2, 0.25) is 0 Å². The molecule has 1 aliphatic carbocycles. The number of terminal acetylenes is 1. The maximum absolute atomic E-state index is 5.42. The van der Waals surface area contributed by atoms with Crippen LogP contribution in [0.25, 0.3) is 0 Å². The molecule has 0 fully saturated rings. The molecule has 1 heterocycles. The van der Waals surface area contributed by atoms with E-state index in [-0.39, 0.29) is 0 Å². The highest BCUT2D eigenvalue weighted by atomic mass is 14.9. The van der Waals surface area contributed by atoms with Crippen molar-refractivity contribution >= 4 is 0 Å². The van der Waals surface area contributed by atoms with Crippen LogP contribution in [0.3, 0.4) is 0 Å². The van der Waals surface area contributed by atoms with Crippen LogP contribution >= 0.6 is 0 Å². The predicted molar refractivity (Wildman–Crippen MR) is 50.0 cm³/mol. The third-order valence-electron chi connectivity index (χ3n) is 2.67. The van der Waals surface area contributed by atoms with E-state index in [1.807, 2.05) is 0 Å². The van der Waals surface area contributed by atoms with Crippen LogP contribution in [0.4, 0.5) is 0 Å². The van der Waals surface area contributed by atoms with Gasteiger partial charge in [0.1, 0.15) is 0 Å². The topological polar surface area (TPSA) is 4.93 Å². The molecule has 0 saturated heterocycles. The highest BCUT2D eigenvalue weighted by Crippen LogP contribution is 2.24. The molecule has 1 aliphatic rings. The lowest BCUT2D eigenvalue weighted by molar-refractivity contribution is 0.648. The van der Waals surface area contributed by atoms with Gasteiger partial charge in [-0.1, -0.05) is 5.92 Å². The zero-order chi connectivity index (χ0) is 8.55. The van der Waals surface area contributed by atoms with Gasteiger partial charge >= 0.3 is 0 Å². The van der Waals surface area contributed by atoms with Gasteiger partial charge in [0.15, 0.2) is 0 Å². The van der Waals surface area contributed by atoms with Crippen molar-refractivity contribution in [2.24, 2.45) is 7.05 Å². The molecule has 1 nitrogen and oxygen atoms in total. The quantitative estimate of drug-likeness (QED) is 0.509. The van der Waals surface area contributed by atoms with Crippen molar-refractivity contribution in [1.29, 1.82) is 0 Å². The molecule has 0 aromatic carbocycles. The molecule has 1 aromatic rings. The third-order valence-corrected chi connectivity index (χ3v) is 2.67.